The van der Waals surface area contributed by atoms with Crippen LogP contribution >= 0.6 is 0 Å². The first-order valence-corrected chi connectivity index (χ1v) is 8.77. The zero-order valence-electron chi connectivity index (χ0n) is 15.8. The molecule has 158 valence electrons. The first-order chi connectivity index (χ1) is 14.3. The van der Waals surface area contributed by atoms with E-state index in [0.29, 0.717) is 11.1 Å². The Labute approximate surface area is 168 Å². The molecule has 0 spiro atoms. The summed E-state index contributed by atoms with van der Waals surface area (Å²) in [4.78, 5) is 21.9. The second kappa shape index (κ2) is 8.98. The number of Topliss-reactive ketones (excluding diaryl/α,β-unsaturated/α-hetero) is 1. The Morgan fingerprint density at radius 3 is 2.30 bits per heavy atom. The van der Waals surface area contributed by atoms with Crippen LogP contribution < -0.4 is 9.47 Å². The normalized spacial score (nSPS) is 14.2. The standard InChI is InChI=1S/C12H10F2O3.C9H6F2O2/c1-16-11(15)3-7-2-8-4-9(13)5-10(14)12(8)17-6-7;10-6-1-5-2-7(12)4-13-9(5)8(11)3-6/h2,4-5H,3,6H2,1H3;1,3H,2,4H2. The summed E-state index contributed by atoms with van der Waals surface area (Å²) in [5, 5.41) is 0. The maximum Gasteiger partial charge on any atom is 0.309 e. The molecular weight excluding hydrogens is 408 g/mol. The first kappa shape index (κ1) is 21.4. The Morgan fingerprint density at radius 1 is 0.967 bits per heavy atom. The van der Waals surface area contributed by atoms with Crippen LogP contribution in [0.5, 0.6) is 11.5 Å². The molecule has 0 fully saturated rings. The predicted octanol–water partition coefficient (Wildman–Crippen LogP) is 3.77. The molecule has 9 heteroatoms. The quantitative estimate of drug-likeness (QED) is 0.543. The van der Waals surface area contributed by atoms with E-state index in [-0.39, 0.29) is 48.9 Å². The zero-order chi connectivity index (χ0) is 21.8. The van der Waals surface area contributed by atoms with Crippen molar-refractivity contribution < 1.29 is 41.4 Å². The topological polar surface area (TPSA) is 61.8 Å². The van der Waals surface area contributed by atoms with E-state index >= 15 is 0 Å². The highest BCUT2D eigenvalue weighted by Gasteiger charge is 2.21. The highest BCUT2D eigenvalue weighted by Crippen LogP contribution is 2.31. The van der Waals surface area contributed by atoms with Crippen LogP contribution in [0.15, 0.2) is 29.8 Å². The summed E-state index contributed by atoms with van der Waals surface area (Å²) in [5.41, 5.74) is 1.20. The van der Waals surface area contributed by atoms with E-state index in [1.165, 1.54) is 7.11 Å². The van der Waals surface area contributed by atoms with Gasteiger partial charge in [-0.15, -0.1) is 0 Å². The minimum absolute atomic E-state index is 0.000926. The minimum Gasteiger partial charge on any atom is -0.486 e. The summed E-state index contributed by atoms with van der Waals surface area (Å²) in [6, 6.07) is 3.79. The number of methoxy groups -OCH3 is 1. The van der Waals surface area contributed by atoms with E-state index in [2.05, 4.69) is 4.74 Å². The van der Waals surface area contributed by atoms with Crippen molar-refractivity contribution >= 4 is 17.8 Å². The number of ketones is 1. The lowest BCUT2D eigenvalue weighted by Gasteiger charge is -2.17. The van der Waals surface area contributed by atoms with Crippen LogP contribution in [0.25, 0.3) is 6.08 Å². The van der Waals surface area contributed by atoms with Gasteiger partial charge in [0.2, 0.25) is 0 Å². The van der Waals surface area contributed by atoms with Crippen LogP contribution in [0, 0.1) is 23.3 Å². The highest BCUT2D eigenvalue weighted by atomic mass is 19.1. The van der Waals surface area contributed by atoms with Gasteiger partial charge in [0.05, 0.1) is 13.5 Å². The number of carbonyl (C=O) groups is 2. The number of benzene rings is 2. The molecule has 5 nitrogen and oxygen atoms in total. The summed E-state index contributed by atoms with van der Waals surface area (Å²) in [7, 11) is 1.28. The monoisotopic (exact) mass is 424 g/mol. The van der Waals surface area contributed by atoms with Gasteiger partial charge in [-0.1, -0.05) is 0 Å². The van der Waals surface area contributed by atoms with E-state index < -0.39 is 29.2 Å². The fourth-order valence-electron chi connectivity index (χ4n) is 2.95. The maximum atomic E-state index is 13.3. The van der Waals surface area contributed by atoms with Gasteiger partial charge in [-0.25, -0.2) is 17.6 Å². The Balaban J connectivity index is 0.000000177. The lowest BCUT2D eigenvalue weighted by atomic mass is 10.0. The number of carbonyl (C=O) groups excluding carboxylic acids is 2. The third kappa shape index (κ3) is 4.97. The molecule has 0 amide bonds. The third-order valence-electron chi connectivity index (χ3n) is 4.25. The van der Waals surface area contributed by atoms with Crippen molar-refractivity contribution in [3.8, 4) is 11.5 Å². The fraction of sp³-hybridized carbons (Fsp3) is 0.238. The van der Waals surface area contributed by atoms with Crippen molar-refractivity contribution in [2.45, 2.75) is 12.8 Å². The molecule has 30 heavy (non-hydrogen) atoms. The van der Waals surface area contributed by atoms with Gasteiger partial charge in [0.1, 0.15) is 24.8 Å². The molecule has 0 saturated heterocycles. The van der Waals surface area contributed by atoms with E-state index in [1.54, 1.807) is 6.08 Å². The number of rotatable bonds is 2. The second-order valence-corrected chi connectivity index (χ2v) is 6.53. The zero-order valence-corrected chi connectivity index (χ0v) is 15.8. The molecule has 2 aliphatic heterocycles. The molecule has 2 aliphatic rings. The van der Waals surface area contributed by atoms with Gasteiger partial charge in [0.15, 0.2) is 28.9 Å². The minimum atomic E-state index is -0.748. The van der Waals surface area contributed by atoms with Crippen molar-refractivity contribution in [2.75, 3.05) is 20.3 Å². The van der Waals surface area contributed by atoms with Crippen LogP contribution in [0.1, 0.15) is 17.5 Å². The molecule has 0 radical (unpaired) electrons. The smallest absolute Gasteiger partial charge is 0.309 e. The predicted molar refractivity (Wildman–Crippen MR) is 97.0 cm³/mol. The molecule has 2 aromatic rings. The molecule has 2 aromatic carbocycles. The van der Waals surface area contributed by atoms with Gasteiger partial charge in [0.25, 0.3) is 0 Å². The van der Waals surface area contributed by atoms with Crippen LogP contribution in [0.2, 0.25) is 0 Å². The summed E-state index contributed by atoms with van der Waals surface area (Å²) in [6.45, 7) is -0.0276. The number of fused-ring (bicyclic) bond motifs is 2. The Morgan fingerprint density at radius 2 is 1.60 bits per heavy atom. The molecule has 2 heterocycles. The van der Waals surface area contributed by atoms with E-state index in [9.17, 15) is 27.2 Å². The van der Waals surface area contributed by atoms with E-state index in [0.717, 1.165) is 24.3 Å². The SMILES string of the molecule is COC(=O)CC1=Cc2cc(F)cc(F)c2OC1.O=C1COc2c(F)cc(F)cc2C1. The summed E-state index contributed by atoms with van der Waals surface area (Å²) in [6.07, 6.45) is 1.64. The lowest BCUT2D eigenvalue weighted by molar-refractivity contribution is -0.139. The number of ether oxygens (including phenoxy) is 3. The molecule has 0 aliphatic carbocycles. The van der Waals surface area contributed by atoms with E-state index in [4.69, 9.17) is 9.47 Å². The molecule has 0 bridgehead atoms. The molecule has 0 saturated carbocycles. The average Bonchev–Trinajstić information content (AvgIpc) is 2.67. The molecule has 0 atom stereocenters. The Kier molecular flexibility index (Phi) is 6.39. The van der Waals surface area contributed by atoms with Crippen LogP contribution in [-0.4, -0.2) is 32.1 Å². The Bertz CT molecular complexity index is 1030. The Hall–Kier alpha value is -3.36. The van der Waals surface area contributed by atoms with Crippen molar-refractivity contribution in [3.63, 3.8) is 0 Å². The number of hydrogen-bond acceptors (Lipinski definition) is 5. The highest BCUT2D eigenvalue weighted by molar-refractivity contribution is 5.84. The summed E-state index contributed by atoms with van der Waals surface area (Å²) >= 11 is 0. The molecule has 0 N–H and O–H groups in total. The number of halogens is 4. The van der Waals surface area contributed by atoms with Crippen molar-refractivity contribution in [1.82, 2.24) is 0 Å². The lowest BCUT2D eigenvalue weighted by Crippen LogP contribution is -2.21. The molecular formula is C21H16F4O5. The number of esters is 1. The number of hydrogen-bond donors (Lipinski definition) is 0. The van der Waals surface area contributed by atoms with Crippen LogP contribution in [0.3, 0.4) is 0 Å². The largest absolute Gasteiger partial charge is 0.486 e. The van der Waals surface area contributed by atoms with Gasteiger partial charge in [0, 0.05) is 29.7 Å². The molecule has 4 rings (SSSR count). The van der Waals surface area contributed by atoms with Gasteiger partial charge < -0.3 is 14.2 Å². The van der Waals surface area contributed by atoms with Crippen molar-refractivity contribution in [2.24, 2.45) is 0 Å². The van der Waals surface area contributed by atoms with Crippen molar-refractivity contribution in [1.29, 1.82) is 0 Å². The van der Waals surface area contributed by atoms with E-state index in [1.807, 2.05) is 0 Å². The summed E-state index contributed by atoms with van der Waals surface area (Å²) in [5.74, 6) is -3.43. The van der Waals surface area contributed by atoms with Gasteiger partial charge >= 0.3 is 5.97 Å². The first-order valence-electron chi connectivity index (χ1n) is 8.77. The average molecular weight is 424 g/mol. The second-order valence-electron chi connectivity index (χ2n) is 6.53. The van der Waals surface area contributed by atoms with Crippen molar-refractivity contribution in [3.05, 3.63) is 64.2 Å². The van der Waals surface area contributed by atoms with Gasteiger partial charge in [-0.05, 0) is 23.8 Å². The van der Waals surface area contributed by atoms with Crippen LogP contribution in [0.4, 0.5) is 17.6 Å². The molecule has 0 unspecified atom stereocenters. The van der Waals surface area contributed by atoms with Gasteiger partial charge in [-0.2, -0.15) is 0 Å². The third-order valence-corrected chi connectivity index (χ3v) is 4.25. The molecule has 0 aromatic heterocycles. The summed E-state index contributed by atoms with van der Waals surface area (Å²) < 4.78 is 66.4. The van der Waals surface area contributed by atoms with Crippen LogP contribution in [-0.2, 0) is 20.7 Å². The fourth-order valence-corrected chi connectivity index (χ4v) is 2.95. The van der Waals surface area contributed by atoms with Gasteiger partial charge in [-0.3, -0.25) is 9.59 Å². The maximum absolute atomic E-state index is 13.3.